The molecule has 3 heteroatoms. The van der Waals surface area contributed by atoms with Crippen molar-refractivity contribution in [2.24, 2.45) is 10.7 Å². The summed E-state index contributed by atoms with van der Waals surface area (Å²) in [6.07, 6.45) is 0. The van der Waals surface area contributed by atoms with Crippen LogP contribution in [0.4, 0.5) is 5.69 Å². The highest BCUT2D eigenvalue weighted by Gasteiger charge is 2.12. The van der Waals surface area contributed by atoms with E-state index in [1.54, 1.807) is 0 Å². The van der Waals surface area contributed by atoms with E-state index in [4.69, 9.17) is 5.73 Å². The highest BCUT2D eigenvalue weighted by Crippen LogP contribution is 2.20. The van der Waals surface area contributed by atoms with E-state index in [0.29, 0.717) is 5.84 Å². The molecule has 0 fully saturated rings. The van der Waals surface area contributed by atoms with Crippen molar-refractivity contribution in [1.29, 1.82) is 0 Å². The molecule has 2 rings (SSSR count). The van der Waals surface area contributed by atoms with Crippen molar-refractivity contribution in [3.05, 3.63) is 29.3 Å². The van der Waals surface area contributed by atoms with Crippen LogP contribution in [0, 0.1) is 0 Å². The van der Waals surface area contributed by atoms with Gasteiger partial charge in [0, 0.05) is 18.3 Å². The van der Waals surface area contributed by atoms with Crippen molar-refractivity contribution in [3.63, 3.8) is 0 Å². The summed E-state index contributed by atoms with van der Waals surface area (Å²) in [4.78, 5) is 4.15. The first kappa shape index (κ1) is 7.16. The number of nitrogens with two attached hydrogens (primary N) is 1. The molecule has 1 aliphatic rings. The molecule has 0 aliphatic carbocycles. The topological polar surface area (TPSA) is 50.4 Å². The summed E-state index contributed by atoms with van der Waals surface area (Å²) in [6.45, 7) is 0.719. The number of rotatable bonds is 1. The molecule has 0 unspecified atom stereocenters. The molecule has 1 aromatic carbocycles. The lowest BCUT2D eigenvalue weighted by molar-refractivity contribution is 1.11. The molecular formula is C9H11N3. The monoisotopic (exact) mass is 161 g/mol. The normalized spacial score (nSPS) is 13.9. The fourth-order valence-electron chi connectivity index (χ4n) is 1.39. The average Bonchev–Trinajstić information content (AvgIpc) is 2.47. The maximum atomic E-state index is 5.67. The molecule has 0 saturated heterocycles. The number of nitrogens with zero attached hydrogens (tertiary/aromatic N) is 1. The lowest BCUT2D eigenvalue weighted by Gasteiger charge is -2.02. The van der Waals surface area contributed by atoms with Gasteiger partial charge in [-0.25, -0.2) is 0 Å². The van der Waals surface area contributed by atoms with Crippen LogP contribution in [-0.2, 0) is 6.54 Å². The average molecular weight is 161 g/mol. The van der Waals surface area contributed by atoms with Crippen molar-refractivity contribution >= 4 is 11.5 Å². The van der Waals surface area contributed by atoms with E-state index in [2.05, 4.69) is 16.4 Å². The molecule has 12 heavy (non-hydrogen) atoms. The molecule has 3 nitrogen and oxygen atoms in total. The lowest BCUT2D eigenvalue weighted by atomic mass is 10.1. The van der Waals surface area contributed by atoms with E-state index in [1.807, 2.05) is 19.2 Å². The third-order valence-electron chi connectivity index (χ3n) is 2.09. The Bertz CT molecular complexity index is 342. The number of benzene rings is 1. The number of hydrogen-bond acceptors (Lipinski definition) is 3. The highest BCUT2D eigenvalue weighted by atomic mass is 14.9. The Morgan fingerprint density at radius 2 is 2.33 bits per heavy atom. The maximum absolute atomic E-state index is 5.67. The summed E-state index contributed by atoms with van der Waals surface area (Å²) in [5.41, 5.74) is 9.06. The SMILES string of the molecule is CNc1ccc2c(c1)CN=C2N. The zero-order chi connectivity index (χ0) is 8.55. The Hall–Kier alpha value is -1.51. The molecule has 62 valence electrons. The van der Waals surface area contributed by atoms with Gasteiger partial charge in [0.15, 0.2) is 0 Å². The summed E-state index contributed by atoms with van der Waals surface area (Å²) < 4.78 is 0. The van der Waals surface area contributed by atoms with E-state index in [9.17, 15) is 0 Å². The quantitative estimate of drug-likeness (QED) is 0.644. The molecule has 0 bridgehead atoms. The van der Waals surface area contributed by atoms with Gasteiger partial charge in [0.05, 0.1) is 6.54 Å². The fourth-order valence-corrected chi connectivity index (χ4v) is 1.39. The van der Waals surface area contributed by atoms with Crippen LogP contribution in [0.5, 0.6) is 0 Å². The van der Waals surface area contributed by atoms with Crippen molar-refractivity contribution in [3.8, 4) is 0 Å². The van der Waals surface area contributed by atoms with E-state index in [1.165, 1.54) is 5.56 Å². The van der Waals surface area contributed by atoms with Crippen LogP contribution in [0.25, 0.3) is 0 Å². The molecule has 0 amide bonds. The van der Waals surface area contributed by atoms with E-state index >= 15 is 0 Å². The van der Waals surface area contributed by atoms with Crippen molar-refractivity contribution < 1.29 is 0 Å². The van der Waals surface area contributed by atoms with Gasteiger partial charge in [-0.1, -0.05) is 0 Å². The third-order valence-corrected chi connectivity index (χ3v) is 2.09. The van der Waals surface area contributed by atoms with Gasteiger partial charge < -0.3 is 11.1 Å². The van der Waals surface area contributed by atoms with Crippen molar-refractivity contribution in [2.45, 2.75) is 6.54 Å². The molecule has 0 atom stereocenters. The minimum absolute atomic E-state index is 0.660. The summed E-state index contributed by atoms with van der Waals surface area (Å²) >= 11 is 0. The summed E-state index contributed by atoms with van der Waals surface area (Å²) in [5, 5.41) is 3.08. The zero-order valence-corrected chi connectivity index (χ0v) is 6.96. The Morgan fingerprint density at radius 3 is 3.08 bits per heavy atom. The van der Waals surface area contributed by atoms with Crippen LogP contribution >= 0.6 is 0 Å². The van der Waals surface area contributed by atoms with Crippen LogP contribution in [0.3, 0.4) is 0 Å². The van der Waals surface area contributed by atoms with Gasteiger partial charge >= 0.3 is 0 Å². The predicted octanol–water partition coefficient (Wildman–Crippen LogP) is 0.947. The Kier molecular flexibility index (Phi) is 1.50. The van der Waals surface area contributed by atoms with Gasteiger partial charge in [-0.3, -0.25) is 4.99 Å². The van der Waals surface area contributed by atoms with E-state index in [0.717, 1.165) is 17.8 Å². The molecular weight excluding hydrogens is 150 g/mol. The first-order valence-corrected chi connectivity index (χ1v) is 3.92. The number of fused-ring (bicyclic) bond motifs is 1. The second-order valence-corrected chi connectivity index (χ2v) is 2.82. The summed E-state index contributed by atoms with van der Waals surface area (Å²) in [7, 11) is 1.90. The summed E-state index contributed by atoms with van der Waals surface area (Å²) in [6, 6.07) is 6.10. The molecule has 0 spiro atoms. The minimum Gasteiger partial charge on any atom is -0.388 e. The second-order valence-electron chi connectivity index (χ2n) is 2.82. The van der Waals surface area contributed by atoms with Crippen LogP contribution in [-0.4, -0.2) is 12.9 Å². The van der Waals surface area contributed by atoms with Crippen LogP contribution in [0.15, 0.2) is 23.2 Å². The van der Waals surface area contributed by atoms with Gasteiger partial charge in [0.25, 0.3) is 0 Å². The molecule has 0 saturated carbocycles. The largest absolute Gasteiger partial charge is 0.388 e. The van der Waals surface area contributed by atoms with Gasteiger partial charge in [0.2, 0.25) is 0 Å². The minimum atomic E-state index is 0.660. The summed E-state index contributed by atoms with van der Waals surface area (Å²) in [5.74, 6) is 0.660. The Labute approximate surface area is 71.3 Å². The molecule has 0 radical (unpaired) electrons. The van der Waals surface area contributed by atoms with Gasteiger partial charge in [0.1, 0.15) is 5.84 Å². The smallest absolute Gasteiger partial charge is 0.126 e. The highest BCUT2D eigenvalue weighted by molar-refractivity contribution is 6.01. The van der Waals surface area contributed by atoms with Crippen molar-refractivity contribution in [1.82, 2.24) is 0 Å². The first-order valence-electron chi connectivity index (χ1n) is 3.92. The molecule has 1 aliphatic heterocycles. The Balaban J connectivity index is 2.46. The standard InChI is InChI=1S/C9H11N3/c1-11-7-2-3-8-6(4-7)5-12-9(8)10/h2-4,11H,5H2,1H3,(H2,10,12). The fraction of sp³-hybridized carbons (Fsp3) is 0.222. The predicted molar refractivity (Wildman–Crippen MR) is 50.4 cm³/mol. The van der Waals surface area contributed by atoms with E-state index < -0.39 is 0 Å². The number of aliphatic imine (C=N–C) groups is 1. The van der Waals surface area contributed by atoms with Gasteiger partial charge in [-0.15, -0.1) is 0 Å². The number of amidine groups is 1. The first-order chi connectivity index (χ1) is 5.81. The van der Waals surface area contributed by atoms with Crippen LogP contribution < -0.4 is 11.1 Å². The molecule has 1 aromatic rings. The van der Waals surface area contributed by atoms with Crippen LogP contribution in [0.2, 0.25) is 0 Å². The van der Waals surface area contributed by atoms with Gasteiger partial charge in [-0.05, 0) is 23.8 Å². The molecule has 1 heterocycles. The third kappa shape index (κ3) is 0.942. The number of anilines is 1. The van der Waals surface area contributed by atoms with Gasteiger partial charge in [-0.2, -0.15) is 0 Å². The zero-order valence-electron chi connectivity index (χ0n) is 6.96. The number of hydrogen-bond donors (Lipinski definition) is 2. The second kappa shape index (κ2) is 2.52. The Morgan fingerprint density at radius 1 is 1.50 bits per heavy atom. The molecule has 3 N–H and O–H groups in total. The maximum Gasteiger partial charge on any atom is 0.126 e. The van der Waals surface area contributed by atoms with E-state index in [-0.39, 0.29) is 0 Å². The lowest BCUT2D eigenvalue weighted by Crippen LogP contribution is -2.10. The van der Waals surface area contributed by atoms with Crippen molar-refractivity contribution in [2.75, 3.05) is 12.4 Å². The van der Waals surface area contributed by atoms with Crippen LogP contribution in [0.1, 0.15) is 11.1 Å². The number of nitrogens with one attached hydrogen (secondary N) is 1. The molecule has 0 aromatic heterocycles.